The Hall–Kier alpha value is -2.77. The van der Waals surface area contributed by atoms with E-state index in [4.69, 9.17) is 14.2 Å². The number of ether oxygens (including phenoxy) is 3. The smallest absolute Gasteiger partial charge is 0.338 e. The number of likely N-dealkylation sites (N-methyl/N-ethyl adjacent to an activating group) is 1. The van der Waals surface area contributed by atoms with E-state index in [2.05, 4.69) is 5.32 Å². The summed E-state index contributed by atoms with van der Waals surface area (Å²) in [7, 11) is 1.49. The summed E-state index contributed by atoms with van der Waals surface area (Å²) in [6.07, 6.45) is 1.96. The fourth-order valence-electron chi connectivity index (χ4n) is 2.30. The SMILES string of the molecule is CCOc1ccc(C(=O)OCC(=O)N(C)CC(=O)NC2CC2)cc1OCC. The Balaban J connectivity index is 1.87. The third-order valence-electron chi connectivity index (χ3n) is 3.85. The van der Waals surface area contributed by atoms with Crippen molar-refractivity contribution in [3.8, 4) is 11.5 Å². The van der Waals surface area contributed by atoms with E-state index in [1.165, 1.54) is 18.0 Å². The molecule has 0 atom stereocenters. The Bertz CT molecular complexity index is 687. The normalized spacial score (nSPS) is 12.9. The van der Waals surface area contributed by atoms with Gasteiger partial charge in [0.2, 0.25) is 5.91 Å². The van der Waals surface area contributed by atoms with E-state index in [9.17, 15) is 14.4 Å². The highest BCUT2D eigenvalue weighted by Gasteiger charge is 2.24. The number of benzene rings is 1. The standard InChI is InChI=1S/C19H26N2O6/c1-4-25-15-9-6-13(10-16(15)26-5-2)19(24)27-12-18(23)21(3)11-17(22)20-14-7-8-14/h6,9-10,14H,4-5,7-8,11-12H2,1-3H3,(H,20,22). The van der Waals surface area contributed by atoms with Gasteiger partial charge in [-0.3, -0.25) is 9.59 Å². The van der Waals surface area contributed by atoms with E-state index < -0.39 is 18.5 Å². The molecule has 0 aliphatic heterocycles. The quantitative estimate of drug-likeness (QED) is 0.618. The molecule has 0 saturated heterocycles. The van der Waals surface area contributed by atoms with Crippen LogP contribution < -0.4 is 14.8 Å². The van der Waals surface area contributed by atoms with Crippen LogP contribution in [0.4, 0.5) is 0 Å². The molecule has 148 valence electrons. The van der Waals surface area contributed by atoms with Crippen LogP contribution in [0.25, 0.3) is 0 Å². The van der Waals surface area contributed by atoms with Gasteiger partial charge in [-0.2, -0.15) is 0 Å². The Labute approximate surface area is 158 Å². The van der Waals surface area contributed by atoms with Crippen LogP contribution in [0.5, 0.6) is 11.5 Å². The first-order valence-corrected chi connectivity index (χ1v) is 9.04. The number of esters is 1. The molecule has 0 radical (unpaired) electrons. The maximum absolute atomic E-state index is 12.2. The predicted molar refractivity (Wildman–Crippen MR) is 97.9 cm³/mol. The van der Waals surface area contributed by atoms with Crippen LogP contribution in [-0.2, 0) is 14.3 Å². The van der Waals surface area contributed by atoms with Crippen molar-refractivity contribution in [2.45, 2.75) is 32.7 Å². The van der Waals surface area contributed by atoms with Crippen molar-refractivity contribution in [1.82, 2.24) is 10.2 Å². The van der Waals surface area contributed by atoms with Gasteiger partial charge in [0.05, 0.1) is 25.3 Å². The van der Waals surface area contributed by atoms with E-state index >= 15 is 0 Å². The summed E-state index contributed by atoms with van der Waals surface area (Å²) in [5, 5.41) is 2.80. The molecule has 2 amide bonds. The average molecular weight is 378 g/mol. The number of hydrogen-bond donors (Lipinski definition) is 1. The van der Waals surface area contributed by atoms with Crippen molar-refractivity contribution >= 4 is 17.8 Å². The Kier molecular flexibility index (Phi) is 7.45. The molecule has 0 unspecified atom stereocenters. The van der Waals surface area contributed by atoms with Crippen molar-refractivity contribution in [2.24, 2.45) is 0 Å². The Morgan fingerprint density at radius 3 is 2.41 bits per heavy atom. The number of amides is 2. The number of hydrogen-bond acceptors (Lipinski definition) is 6. The van der Waals surface area contributed by atoms with Gasteiger partial charge in [0.15, 0.2) is 18.1 Å². The minimum absolute atomic E-state index is 0.0651. The molecule has 1 aromatic carbocycles. The first-order chi connectivity index (χ1) is 12.9. The highest BCUT2D eigenvalue weighted by Crippen LogP contribution is 2.28. The minimum atomic E-state index is -0.650. The zero-order valence-corrected chi connectivity index (χ0v) is 15.9. The fraction of sp³-hybridized carbons (Fsp3) is 0.526. The highest BCUT2D eigenvalue weighted by atomic mass is 16.5. The molecule has 0 spiro atoms. The van der Waals surface area contributed by atoms with Crippen molar-refractivity contribution in [3.05, 3.63) is 23.8 Å². The largest absolute Gasteiger partial charge is 0.490 e. The third-order valence-corrected chi connectivity index (χ3v) is 3.85. The zero-order valence-electron chi connectivity index (χ0n) is 15.9. The molecule has 1 aliphatic carbocycles. The second kappa shape index (κ2) is 9.80. The number of nitrogens with zero attached hydrogens (tertiary/aromatic N) is 1. The summed E-state index contributed by atoms with van der Waals surface area (Å²) in [6, 6.07) is 4.93. The van der Waals surface area contributed by atoms with Crippen molar-refractivity contribution in [3.63, 3.8) is 0 Å². The molecular formula is C19H26N2O6. The lowest BCUT2D eigenvalue weighted by molar-refractivity contribution is -0.137. The average Bonchev–Trinajstić information content (AvgIpc) is 3.44. The van der Waals surface area contributed by atoms with Gasteiger partial charge in [0.1, 0.15) is 0 Å². The Morgan fingerprint density at radius 2 is 1.78 bits per heavy atom. The maximum Gasteiger partial charge on any atom is 0.338 e. The molecule has 27 heavy (non-hydrogen) atoms. The van der Waals surface area contributed by atoms with Gasteiger partial charge in [0.25, 0.3) is 5.91 Å². The maximum atomic E-state index is 12.2. The lowest BCUT2D eigenvalue weighted by Gasteiger charge is -2.17. The topological polar surface area (TPSA) is 94.2 Å². The van der Waals surface area contributed by atoms with Gasteiger partial charge in [-0.25, -0.2) is 4.79 Å². The van der Waals surface area contributed by atoms with Crippen LogP contribution in [-0.4, -0.2) is 62.1 Å². The van der Waals surface area contributed by atoms with Gasteiger partial charge in [-0.1, -0.05) is 0 Å². The monoisotopic (exact) mass is 378 g/mol. The molecule has 1 N–H and O–H groups in total. The molecule has 0 heterocycles. The van der Waals surface area contributed by atoms with Crippen LogP contribution in [0.2, 0.25) is 0 Å². The molecule has 1 aliphatic rings. The molecule has 8 nitrogen and oxygen atoms in total. The molecular weight excluding hydrogens is 352 g/mol. The summed E-state index contributed by atoms with van der Waals surface area (Å²) in [4.78, 5) is 37.2. The van der Waals surface area contributed by atoms with Gasteiger partial charge in [-0.05, 0) is 44.9 Å². The first kappa shape index (κ1) is 20.5. The summed E-state index contributed by atoms with van der Waals surface area (Å²) in [5.74, 6) is -0.344. The molecule has 0 bridgehead atoms. The number of rotatable bonds is 10. The van der Waals surface area contributed by atoms with E-state index in [1.54, 1.807) is 12.1 Å². The van der Waals surface area contributed by atoms with Crippen molar-refractivity contribution in [2.75, 3.05) is 33.4 Å². The molecule has 1 saturated carbocycles. The van der Waals surface area contributed by atoms with Crippen LogP contribution in [0.3, 0.4) is 0 Å². The van der Waals surface area contributed by atoms with Crippen molar-refractivity contribution in [1.29, 1.82) is 0 Å². The lowest BCUT2D eigenvalue weighted by Crippen LogP contribution is -2.40. The summed E-state index contributed by atoms with van der Waals surface area (Å²) < 4.78 is 16.0. The number of carbonyl (C=O) groups excluding carboxylic acids is 3. The molecule has 0 aromatic heterocycles. The van der Waals surface area contributed by atoms with Gasteiger partial charge in [-0.15, -0.1) is 0 Å². The summed E-state index contributed by atoms with van der Waals surface area (Å²) in [5.41, 5.74) is 0.254. The van der Waals surface area contributed by atoms with E-state index in [1.807, 2.05) is 13.8 Å². The van der Waals surface area contributed by atoms with Crippen LogP contribution >= 0.6 is 0 Å². The molecule has 1 aromatic rings. The van der Waals surface area contributed by atoms with Gasteiger partial charge < -0.3 is 24.4 Å². The van der Waals surface area contributed by atoms with Gasteiger partial charge in [0, 0.05) is 13.1 Å². The van der Waals surface area contributed by atoms with Crippen LogP contribution in [0.15, 0.2) is 18.2 Å². The second-order valence-corrected chi connectivity index (χ2v) is 6.20. The van der Waals surface area contributed by atoms with Crippen LogP contribution in [0.1, 0.15) is 37.0 Å². The molecule has 8 heteroatoms. The Morgan fingerprint density at radius 1 is 1.11 bits per heavy atom. The van der Waals surface area contributed by atoms with E-state index in [-0.39, 0.29) is 24.1 Å². The van der Waals surface area contributed by atoms with Crippen molar-refractivity contribution < 1.29 is 28.6 Å². The summed E-state index contributed by atoms with van der Waals surface area (Å²) >= 11 is 0. The zero-order chi connectivity index (χ0) is 19.8. The van der Waals surface area contributed by atoms with Gasteiger partial charge >= 0.3 is 5.97 Å². The van der Waals surface area contributed by atoms with Crippen LogP contribution in [0, 0.1) is 0 Å². The number of nitrogens with one attached hydrogen (secondary N) is 1. The third kappa shape index (κ3) is 6.47. The van der Waals surface area contributed by atoms with E-state index in [0.29, 0.717) is 24.7 Å². The molecule has 2 rings (SSSR count). The second-order valence-electron chi connectivity index (χ2n) is 6.20. The molecule has 1 fully saturated rings. The first-order valence-electron chi connectivity index (χ1n) is 9.04. The minimum Gasteiger partial charge on any atom is -0.490 e. The fourth-order valence-corrected chi connectivity index (χ4v) is 2.30. The lowest BCUT2D eigenvalue weighted by atomic mass is 10.2. The predicted octanol–water partition coefficient (Wildman–Crippen LogP) is 1.38. The highest BCUT2D eigenvalue weighted by molar-refractivity contribution is 5.92. The number of carbonyl (C=O) groups is 3. The summed E-state index contributed by atoms with van der Waals surface area (Å²) in [6.45, 7) is 4.07. The van der Waals surface area contributed by atoms with E-state index in [0.717, 1.165) is 12.8 Å².